The minimum Gasteiger partial charge on any atom is -0.304 e. The molecule has 0 saturated heterocycles. The van der Waals surface area contributed by atoms with Gasteiger partial charge in [-0.1, -0.05) is 29.8 Å². The van der Waals surface area contributed by atoms with Gasteiger partial charge in [0.25, 0.3) is 0 Å². The van der Waals surface area contributed by atoms with E-state index in [0.717, 1.165) is 5.33 Å². The fraction of sp³-hybridized carbons (Fsp3) is 1.00. The Morgan fingerprint density at radius 2 is 1.67 bits per heavy atom. The van der Waals surface area contributed by atoms with E-state index in [1.54, 1.807) is 0 Å². The summed E-state index contributed by atoms with van der Waals surface area (Å²) in [6, 6.07) is 0. The molecule has 1 aliphatic carbocycles. The molecule has 0 unspecified atom stereocenters. The number of likely N-dealkylation sites (N-methyl/N-ethyl adjacent to an activating group) is 2. The van der Waals surface area contributed by atoms with Crippen LogP contribution in [0.25, 0.3) is 0 Å². The molecule has 1 rings (SSSR count). The molecule has 1 fully saturated rings. The molecule has 2 nitrogen and oxygen atoms in total. The van der Waals surface area contributed by atoms with Crippen molar-refractivity contribution in [3.8, 4) is 0 Å². The van der Waals surface area contributed by atoms with E-state index >= 15 is 0 Å². The fourth-order valence-corrected chi connectivity index (χ4v) is 4.14. The quantitative estimate of drug-likeness (QED) is 0.631. The van der Waals surface area contributed by atoms with E-state index in [9.17, 15) is 0 Å². The zero-order valence-corrected chi connectivity index (χ0v) is 14.5. The van der Waals surface area contributed by atoms with Crippen LogP contribution in [0.4, 0.5) is 0 Å². The predicted octanol–water partition coefficient (Wildman–Crippen LogP) is 3.60. The molecule has 0 atom stereocenters. The van der Waals surface area contributed by atoms with Crippen molar-refractivity contribution in [2.45, 2.75) is 51.5 Å². The summed E-state index contributed by atoms with van der Waals surface area (Å²) in [5.41, 5.74) is 0.903. The Bertz CT molecular complexity index is 225. The van der Waals surface area contributed by atoms with Gasteiger partial charge in [0.1, 0.15) is 0 Å². The van der Waals surface area contributed by atoms with Gasteiger partial charge in [0.05, 0.1) is 0 Å². The summed E-state index contributed by atoms with van der Waals surface area (Å²) in [7, 11) is 6.78. The van der Waals surface area contributed by atoms with Crippen LogP contribution in [0.1, 0.15) is 46.0 Å². The molecular formula is C15H31BrN2. The van der Waals surface area contributed by atoms with Crippen molar-refractivity contribution in [2.24, 2.45) is 5.41 Å². The van der Waals surface area contributed by atoms with Gasteiger partial charge in [0.15, 0.2) is 0 Å². The largest absolute Gasteiger partial charge is 0.304 e. The summed E-state index contributed by atoms with van der Waals surface area (Å²) in [6.45, 7) is 7.07. The number of hydrogen-bond acceptors (Lipinski definition) is 2. The topological polar surface area (TPSA) is 6.48 Å². The van der Waals surface area contributed by atoms with Gasteiger partial charge in [-0.05, 0) is 58.7 Å². The molecule has 0 aromatic carbocycles. The van der Waals surface area contributed by atoms with E-state index in [1.807, 2.05) is 0 Å². The number of rotatable bonds is 8. The van der Waals surface area contributed by atoms with Crippen molar-refractivity contribution in [3.63, 3.8) is 0 Å². The fourth-order valence-electron chi connectivity index (χ4n) is 3.17. The zero-order valence-electron chi connectivity index (χ0n) is 12.9. The molecule has 108 valence electrons. The second-order valence-electron chi connectivity index (χ2n) is 6.49. The molecule has 1 saturated carbocycles. The highest BCUT2D eigenvalue weighted by atomic mass is 79.9. The Morgan fingerprint density at radius 1 is 1.11 bits per heavy atom. The highest BCUT2D eigenvalue weighted by Gasteiger charge is 2.40. The SMILES string of the molecule is CCC(CC)(CBr)CN(C)CC1(N(C)C)CCC1. The highest BCUT2D eigenvalue weighted by molar-refractivity contribution is 9.09. The van der Waals surface area contributed by atoms with E-state index in [0.29, 0.717) is 11.0 Å². The minimum absolute atomic E-state index is 0.450. The summed E-state index contributed by atoms with van der Waals surface area (Å²) in [4.78, 5) is 5.01. The van der Waals surface area contributed by atoms with E-state index in [1.165, 1.54) is 45.2 Å². The van der Waals surface area contributed by atoms with Crippen molar-refractivity contribution < 1.29 is 0 Å². The lowest BCUT2D eigenvalue weighted by molar-refractivity contribution is 0.0170. The van der Waals surface area contributed by atoms with Gasteiger partial charge < -0.3 is 9.80 Å². The molecule has 0 heterocycles. The van der Waals surface area contributed by atoms with Crippen molar-refractivity contribution >= 4 is 15.9 Å². The third kappa shape index (κ3) is 3.49. The summed E-state index contributed by atoms with van der Waals surface area (Å²) in [5, 5.41) is 1.12. The Morgan fingerprint density at radius 3 is 1.94 bits per heavy atom. The predicted molar refractivity (Wildman–Crippen MR) is 84.6 cm³/mol. The maximum absolute atomic E-state index is 3.72. The molecule has 18 heavy (non-hydrogen) atoms. The third-order valence-electron chi connectivity index (χ3n) is 5.19. The van der Waals surface area contributed by atoms with Crippen molar-refractivity contribution in [1.82, 2.24) is 9.80 Å². The molecule has 0 bridgehead atoms. The van der Waals surface area contributed by atoms with Crippen molar-refractivity contribution in [1.29, 1.82) is 0 Å². The Hall–Kier alpha value is 0.400. The number of alkyl halides is 1. The zero-order chi connectivity index (χ0) is 13.8. The lowest BCUT2D eigenvalue weighted by atomic mass is 9.75. The number of hydrogen-bond donors (Lipinski definition) is 0. The van der Waals surface area contributed by atoms with Crippen molar-refractivity contribution in [2.75, 3.05) is 39.6 Å². The van der Waals surface area contributed by atoms with Crippen LogP contribution < -0.4 is 0 Å². The summed E-state index contributed by atoms with van der Waals surface area (Å²) >= 11 is 3.72. The normalized spacial score (nSPS) is 19.3. The maximum atomic E-state index is 3.72. The Labute approximate surface area is 122 Å². The second-order valence-corrected chi connectivity index (χ2v) is 7.05. The molecule has 0 aromatic rings. The second kappa shape index (κ2) is 6.71. The summed E-state index contributed by atoms with van der Waals surface area (Å²) in [6.07, 6.45) is 6.65. The first-order chi connectivity index (χ1) is 8.43. The molecule has 0 N–H and O–H groups in total. The Kier molecular flexibility index (Phi) is 6.14. The first-order valence-electron chi connectivity index (χ1n) is 7.35. The third-order valence-corrected chi connectivity index (χ3v) is 6.38. The van der Waals surface area contributed by atoms with Gasteiger partial charge in [-0.2, -0.15) is 0 Å². The van der Waals surface area contributed by atoms with E-state index in [-0.39, 0.29) is 0 Å². The first-order valence-corrected chi connectivity index (χ1v) is 8.48. The molecule has 0 aromatic heterocycles. The van der Waals surface area contributed by atoms with Gasteiger partial charge in [0.2, 0.25) is 0 Å². The van der Waals surface area contributed by atoms with Crippen LogP contribution in [0.3, 0.4) is 0 Å². The van der Waals surface area contributed by atoms with Crippen LogP contribution in [0.5, 0.6) is 0 Å². The number of halogens is 1. The van der Waals surface area contributed by atoms with Gasteiger partial charge in [0, 0.05) is 24.0 Å². The summed E-state index contributed by atoms with van der Waals surface area (Å²) < 4.78 is 0. The average Bonchev–Trinajstić information content (AvgIpc) is 2.30. The summed E-state index contributed by atoms with van der Waals surface area (Å²) in [5.74, 6) is 0. The van der Waals surface area contributed by atoms with E-state index in [4.69, 9.17) is 0 Å². The van der Waals surface area contributed by atoms with Gasteiger partial charge >= 0.3 is 0 Å². The molecule has 1 aliphatic rings. The first kappa shape index (κ1) is 16.5. The monoisotopic (exact) mass is 318 g/mol. The molecule has 0 radical (unpaired) electrons. The van der Waals surface area contributed by atoms with Crippen LogP contribution in [-0.4, -0.2) is 54.9 Å². The van der Waals surface area contributed by atoms with Gasteiger partial charge in [-0.3, -0.25) is 0 Å². The van der Waals surface area contributed by atoms with Crippen LogP contribution in [0.15, 0.2) is 0 Å². The van der Waals surface area contributed by atoms with Crippen LogP contribution >= 0.6 is 15.9 Å². The highest BCUT2D eigenvalue weighted by Crippen LogP contribution is 2.38. The van der Waals surface area contributed by atoms with Crippen LogP contribution in [0, 0.1) is 5.41 Å². The van der Waals surface area contributed by atoms with E-state index < -0.39 is 0 Å². The lowest BCUT2D eigenvalue weighted by Gasteiger charge is -2.50. The van der Waals surface area contributed by atoms with E-state index in [2.05, 4.69) is 60.7 Å². The average molecular weight is 319 g/mol. The van der Waals surface area contributed by atoms with Gasteiger partial charge in [-0.15, -0.1) is 0 Å². The molecule has 3 heteroatoms. The maximum Gasteiger partial charge on any atom is 0.0330 e. The molecular weight excluding hydrogens is 288 g/mol. The van der Waals surface area contributed by atoms with Gasteiger partial charge in [-0.25, -0.2) is 0 Å². The smallest absolute Gasteiger partial charge is 0.0330 e. The van der Waals surface area contributed by atoms with Crippen molar-refractivity contribution in [3.05, 3.63) is 0 Å². The number of nitrogens with zero attached hydrogens (tertiary/aromatic N) is 2. The standard InChI is InChI=1S/C15H31BrN2/c1-6-14(7-2,11-16)12-18(5)13-15(17(3)4)9-8-10-15/h6-13H2,1-5H3. The minimum atomic E-state index is 0.450. The van der Waals surface area contributed by atoms with Crippen LogP contribution in [0.2, 0.25) is 0 Å². The lowest BCUT2D eigenvalue weighted by Crippen LogP contribution is -2.57. The Balaban J connectivity index is 2.57. The molecule has 0 aliphatic heterocycles. The molecule has 0 amide bonds. The van der Waals surface area contributed by atoms with Crippen LogP contribution in [-0.2, 0) is 0 Å². The molecule has 0 spiro atoms.